The van der Waals surface area contributed by atoms with E-state index in [1.54, 1.807) is 24.3 Å². The lowest BCUT2D eigenvalue weighted by atomic mass is 9.86. The quantitative estimate of drug-likeness (QED) is 0.608. The van der Waals surface area contributed by atoms with Crippen LogP contribution in [0.2, 0.25) is 5.02 Å². The molecule has 0 radical (unpaired) electrons. The maximum Gasteiger partial charge on any atom is 0.173 e. The Labute approximate surface area is 125 Å². The van der Waals surface area contributed by atoms with Crippen molar-refractivity contribution in [2.24, 2.45) is 0 Å². The van der Waals surface area contributed by atoms with E-state index in [0.717, 1.165) is 12.1 Å². The van der Waals surface area contributed by atoms with Crippen molar-refractivity contribution in [1.82, 2.24) is 0 Å². The third kappa shape index (κ3) is 2.51. The first-order valence-electron chi connectivity index (χ1n) is 6.48. The second-order valence-electron chi connectivity index (χ2n) is 4.84. The highest BCUT2D eigenvalue weighted by atomic mass is 35.5. The highest BCUT2D eigenvalue weighted by molar-refractivity contribution is 6.30. The Hall–Kier alpha value is -1.94. The maximum absolute atomic E-state index is 13.9. The predicted octanol–water partition coefficient (Wildman–Crippen LogP) is 4.37. The van der Waals surface area contributed by atoms with Crippen LogP contribution in [0.4, 0.5) is 8.78 Å². The van der Waals surface area contributed by atoms with Gasteiger partial charge in [0.2, 0.25) is 0 Å². The smallest absolute Gasteiger partial charge is 0.173 e. The molecule has 0 saturated carbocycles. The SMILES string of the molecule is O=C(c1cc(F)c(Cl)cc1F)C1CCOc2ccccc21. The second-order valence-corrected chi connectivity index (χ2v) is 5.25. The van der Waals surface area contributed by atoms with E-state index in [1.807, 2.05) is 0 Å². The van der Waals surface area contributed by atoms with Crippen molar-refractivity contribution >= 4 is 17.4 Å². The molecule has 1 heterocycles. The first kappa shape index (κ1) is 14.0. The zero-order valence-electron chi connectivity index (χ0n) is 10.9. The lowest BCUT2D eigenvalue weighted by Gasteiger charge is -2.25. The van der Waals surface area contributed by atoms with Gasteiger partial charge >= 0.3 is 0 Å². The molecule has 0 aliphatic carbocycles. The Morgan fingerprint density at radius 2 is 1.95 bits per heavy atom. The fourth-order valence-electron chi connectivity index (χ4n) is 2.51. The summed E-state index contributed by atoms with van der Waals surface area (Å²) in [4.78, 5) is 12.5. The average molecular weight is 309 g/mol. The van der Waals surface area contributed by atoms with E-state index >= 15 is 0 Å². The zero-order chi connectivity index (χ0) is 15.0. The molecule has 21 heavy (non-hydrogen) atoms. The summed E-state index contributed by atoms with van der Waals surface area (Å²) in [6.07, 6.45) is 0.430. The molecular formula is C16H11ClF2O2. The van der Waals surface area contributed by atoms with Crippen molar-refractivity contribution in [2.45, 2.75) is 12.3 Å². The van der Waals surface area contributed by atoms with Crippen molar-refractivity contribution in [3.8, 4) is 5.75 Å². The van der Waals surface area contributed by atoms with E-state index in [1.165, 1.54) is 0 Å². The molecule has 1 aliphatic heterocycles. The van der Waals surface area contributed by atoms with E-state index in [0.29, 0.717) is 24.3 Å². The molecule has 0 fully saturated rings. The van der Waals surface area contributed by atoms with Gasteiger partial charge in [-0.2, -0.15) is 0 Å². The van der Waals surface area contributed by atoms with Crippen LogP contribution < -0.4 is 4.74 Å². The molecule has 0 bridgehead atoms. The topological polar surface area (TPSA) is 26.3 Å². The summed E-state index contributed by atoms with van der Waals surface area (Å²) in [6.45, 7) is 0.366. The highest BCUT2D eigenvalue weighted by Crippen LogP contribution is 2.36. The number of ether oxygens (including phenoxy) is 1. The monoisotopic (exact) mass is 308 g/mol. The largest absolute Gasteiger partial charge is 0.493 e. The summed E-state index contributed by atoms with van der Waals surface area (Å²) in [7, 11) is 0. The molecule has 0 amide bonds. The Kier molecular flexibility index (Phi) is 3.64. The molecule has 2 nitrogen and oxygen atoms in total. The van der Waals surface area contributed by atoms with Crippen LogP contribution in [0.5, 0.6) is 5.75 Å². The molecule has 0 saturated heterocycles. The van der Waals surface area contributed by atoms with Crippen LogP contribution in [0.1, 0.15) is 28.3 Å². The molecule has 1 aliphatic rings. The minimum atomic E-state index is -0.810. The lowest BCUT2D eigenvalue weighted by Crippen LogP contribution is -2.22. The first-order chi connectivity index (χ1) is 10.1. The Morgan fingerprint density at radius 3 is 2.76 bits per heavy atom. The van der Waals surface area contributed by atoms with Crippen molar-refractivity contribution in [1.29, 1.82) is 0 Å². The molecule has 1 atom stereocenters. The van der Waals surface area contributed by atoms with E-state index < -0.39 is 23.3 Å². The number of carbonyl (C=O) groups is 1. The van der Waals surface area contributed by atoms with Gasteiger partial charge in [-0.1, -0.05) is 29.8 Å². The van der Waals surface area contributed by atoms with Gasteiger partial charge in [-0.15, -0.1) is 0 Å². The number of benzene rings is 2. The molecule has 0 aromatic heterocycles. The summed E-state index contributed by atoms with van der Waals surface area (Å²) in [6, 6.07) is 8.79. The van der Waals surface area contributed by atoms with Crippen LogP contribution in [-0.4, -0.2) is 12.4 Å². The van der Waals surface area contributed by atoms with Gasteiger partial charge in [0.1, 0.15) is 17.4 Å². The number of hydrogen-bond donors (Lipinski definition) is 0. The van der Waals surface area contributed by atoms with E-state index in [-0.39, 0.29) is 10.6 Å². The minimum Gasteiger partial charge on any atom is -0.493 e. The van der Waals surface area contributed by atoms with Gasteiger partial charge in [0.15, 0.2) is 5.78 Å². The molecule has 108 valence electrons. The Bertz CT molecular complexity index is 715. The van der Waals surface area contributed by atoms with Crippen molar-refractivity contribution in [3.05, 3.63) is 64.2 Å². The number of ketones is 1. The summed E-state index contributed by atoms with van der Waals surface area (Å²) >= 11 is 5.51. The molecular weight excluding hydrogens is 298 g/mol. The fraction of sp³-hybridized carbons (Fsp3) is 0.188. The number of para-hydroxylation sites is 1. The molecule has 1 unspecified atom stereocenters. The first-order valence-corrected chi connectivity index (χ1v) is 6.86. The third-order valence-corrected chi connectivity index (χ3v) is 3.84. The molecule has 0 spiro atoms. The van der Waals surface area contributed by atoms with Gasteiger partial charge < -0.3 is 4.74 Å². The van der Waals surface area contributed by atoms with Crippen LogP contribution in [0.15, 0.2) is 36.4 Å². The third-order valence-electron chi connectivity index (χ3n) is 3.55. The number of halogens is 3. The highest BCUT2D eigenvalue weighted by Gasteiger charge is 2.30. The molecule has 2 aromatic carbocycles. The van der Waals surface area contributed by atoms with Crippen molar-refractivity contribution < 1.29 is 18.3 Å². The number of carbonyl (C=O) groups excluding carboxylic acids is 1. The number of rotatable bonds is 2. The minimum absolute atomic E-state index is 0.279. The Balaban J connectivity index is 2.03. The molecule has 2 aromatic rings. The fourth-order valence-corrected chi connectivity index (χ4v) is 2.66. The zero-order valence-corrected chi connectivity index (χ0v) is 11.7. The predicted molar refractivity (Wildman–Crippen MR) is 75.0 cm³/mol. The van der Waals surface area contributed by atoms with Gasteiger partial charge in [0.05, 0.1) is 23.1 Å². The molecule has 0 N–H and O–H groups in total. The summed E-state index contributed by atoms with van der Waals surface area (Å²) < 4.78 is 32.9. The van der Waals surface area contributed by atoms with E-state index in [4.69, 9.17) is 16.3 Å². The van der Waals surface area contributed by atoms with Gasteiger partial charge in [-0.25, -0.2) is 8.78 Å². The normalized spacial score (nSPS) is 17.0. The lowest BCUT2D eigenvalue weighted by molar-refractivity contribution is 0.0928. The number of hydrogen-bond acceptors (Lipinski definition) is 2. The standard InChI is InChI=1S/C16H11ClF2O2/c17-12-8-13(18)11(7-14(12)19)16(20)10-5-6-21-15-4-2-1-3-9(10)15/h1-4,7-8,10H,5-6H2. The second kappa shape index (κ2) is 5.45. The van der Waals surface area contributed by atoms with Gasteiger partial charge in [-0.05, 0) is 24.6 Å². The number of Topliss-reactive ketones (excluding diaryl/α,β-unsaturated/α-hetero) is 1. The number of fused-ring (bicyclic) bond motifs is 1. The Morgan fingerprint density at radius 1 is 1.19 bits per heavy atom. The summed E-state index contributed by atoms with van der Waals surface area (Å²) in [5.41, 5.74) is 0.419. The van der Waals surface area contributed by atoms with Crippen LogP contribution in [0.25, 0.3) is 0 Å². The van der Waals surface area contributed by atoms with Crippen molar-refractivity contribution in [3.63, 3.8) is 0 Å². The van der Waals surface area contributed by atoms with Crippen LogP contribution in [0, 0.1) is 11.6 Å². The molecule has 3 rings (SSSR count). The van der Waals surface area contributed by atoms with Gasteiger partial charge in [0, 0.05) is 5.56 Å². The van der Waals surface area contributed by atoms with Crippen LogP contribution >= 0.6 is 11.6 Å². The molecule has 5 heteroatoms. The van der Waals surface area contributed by atoms with Gasteiger partial charge in [0.25, 0.3) is 0 Å². The van der Waals surface area contributed by atoms with E-state index in [2.05, 4.69) is 0 Å². The van der Waals surface area contributed by atoms with Crippen molar-refractivity contribution in [2.75, 3.05) is 6.61 Å². The van der Waals surface area contributed by atoms with E-state index in [9.17, 15) is 13.6 Å². The van der Waals surface area contributed by atoms with Crippen LogP contribution in [-0.2, 0) is 0 Å². The maximum atomic E-state index is 13.9. The average Bonchev–Trinajstić information content (AvgIpc) is 2.49. The van der Waals surface area contributed by atoms with Gasteiger partial charge in [-0.3, -0.25) is 4.79 Å². The van der Waals surface area contributed by atoms with Crippen LogP contribution in [0.3, 0.4) is 0 Å². The summed E-state index contributed by atoms with van der Waals surface area (Å²) in [5.74, 6) is -2.00. The summed E-state index contributed by atoms with van der Waals surface area (Å²) in [5, 5.41) is -0.337.